The molecule has 0 saturated carbocycles. The molecule has 1 fully saturated rings. The first-order valence-corrected chi connectivity index (χ1v) is 10.2. The van der Waals surface area contributed by atoms with Crippen LogP contribution in [-0.4, -0.2) is 33.0 Å². The zero-order chi connectivity index (χ0) is 19.5. The molecule has 0 aliphatic carbocycles. The fraction of sp³-hybridized carbons (Fsp3) is 0.333. The van der Waals surface area contributed by atoms with Gasteiger partial charge in [0, 0.05) is 35.5 Å². The molecule has 0 radical (unpaired) electrons. The maximum atomic E-state index is 13.2. The third-order valence-electron chi connectivity index (χ3n) is 5.68. The first-order chi connectivity index (χ1) is 13.7. The molecule has 144 valence electrons. The van der Waals surface area contributed by atoms with Gasteiger partial charge >= 0.3 is 0 Å². The van der Waals surface area contributed by atoms with E-state index in [1.54, 1.807) is 0 Å². The summed E-state index contributed by atoms with van der Waals surface area (Å²) in [4.78, 5) is 15.3. The zero-order valence-corrected chi connectivity index (χ0v) is 16.6. The summed E-state index contributed by atoms with van der Waals surface area (Å²) >= 11 is 0. The fourth-order valence-corrected chi connectivity index (χ4v) is 4.17. The van der Waals surface area contributed by atoms with E-state index in [1.807, 2.05) is 54.0 Å². The predicted octanol–water partition coefficient (Wildman–Crippen LogP) is 5.20. The Labute approximate surface area is 166 Å². The number of piperidine rings is 1. The molecule has 1 saturated heterocycles. The summed E-state index contributed by atoms with van der Waals surface area (Å²) in [5.74, 6) is 0.154. The Kier molecular flexibility index (Phi) is 5.29. The highest BCUT2D eigenvalue weighted by atomic mass is 16.2. The van der Waals surface area contributed by atoms with Gasteiger partial charge in [0.2, 0.25) is 5.91 Å². The molecule has 1 aliphatic rings. The van der Waals surface area contributed by atoms with Gasteiger partial charge in [-0.2, -0.15) is 5.10 Å². The van der Waals surface area contributed by atoms with E-state index < -0.39 is 0 Å². The second kappa shape index (κ2) is 8.01. The highest BCUT2D eigenvalue weighted by molar-refractivity contribution is 6.00. The first-order valence-electron chi connectivity index (χ1n) is 10.2. The molecule has 4 heteroatoms. The van der Waals surface area contributed by atoms with Gasteiger partial charge in [-0.15, -0.1) is 0 Å². The van der Waals surface area contributed by atoms with E-state index in [0.717, 1.165) is 53.7 Å². The SMILES string of the molecule is CCC1CCCCN1C(=O)C(C)=Cc1c(-c2ccccc2)nn2ccccc12. The van der Waals surface area contributed by atoms with Crippen molar-refractivity contribution in [1.29, 1.82) is 0 Å². The molecule has 0 bridgehead atoms. The number of aromatic nitrogens is 2. The number of hydrogen-bond acceptors (Lipinski definition) is 2. The van der Waals surface area contributed by atoms with Crippen molar-refractivity contribution in [3.63, 3.8) is 0 Å². The molecule has 4 rings (SSSR count). The van der Waals surface area contributed by atoms with Crippen LogP contribution in [0.5, 0.6) is 0 Å². The van der Waals surface area contributed by atoms with Crippen molar-refractivity contribution < 1.29 is 4.79 Å². The number of carbonyl (C=O) groups is 1. The number of pyridine rings is 1. The van der Waals surface area contributed by atoms with Crippen LogP contribution in [0.4, 0.5) is 0 Å². The summed E-state index contributed by atoms with van der Waals surface area (Å²) in [6.45, 7) is 4.97. The minimum atomic E-state index is 0.154. The smallest absolute Gasteiger partial charge is 0.249 e. The van der Waals surface area contributed by atoms with Crippen molar-refractivity contribution in [3.8, 4) is 11.3 Å². The van der Waals surface area contributed by atoms with Gasteiger partial charge in [-0.05, 0) is 50.8 Å². The third-order valence-corrected chi connectivity index (χ3v) is 5.68. The fourth-order valence-electron chi connectivity index (χ4n) is 4.17. The van der Waals surface area contributed by atoms with Gasteiger partial charge in [-0.1, -0.05) is 43.3 Å². The lowest BCUT2D eigenvalue weighted by molar-refractivity contribution is -0.130. The number of likely N-dealkylation sites (tertiary alicyclic amines) is 1. The Morgan fingerprint density at radius 2 is 1.93 bits per heavy atom. The molecule has 1 atom stereocenters. The Balaban J connectivity index is 1.76. The minimum absolute atomic E-state index is 0.154. The zero-order valence-electron chi connectivity index (χ0n) is 16.6. The molecular weight excluding hydrogens is 346 g/mol. The normalized spacial score (nSPS) is 17.9. The van der Waals surface area contributed by atoms with Crippen LogP contribution in [0.3, 0.4) is 0 Å². The van der Waals surface area contributed by atoms with Crippen molar-refractivity contribution >= 4 is 17.5 Å². The van der Waals surface area contributed by atoms with Crippen LogP contribution in [0.25, 0.3) is 22.9 Å². The topological polar surface area (TPSA) is 37.6 Å². The molecule has 1 aliphatic heterocycles. The lowest BCUT2D eigenvalue weighted by Gasteiger charge is -2.35. The van der Waals surface area contributed by atoms with Crippen LogP contribution in [0.15, 0.2) is 60.3 Å². The van der Waals surface area contributed by atoms with Crippen molar-refractivity contribution in [3.05, 3.63) is 65.9 Å². The number of rotatable bonds is 4. The number of carbonyl (C=O) groups excluding carboxylic acids is 1. The van der Waals surface area contributed by atoms with Gasteiger partial charge in [-0.25, -0.2) is 4.52 Å². The second-order valence-electron chi connectivity index (χ2n) is 7.54. The van der Waals surface area contributed by atoms with Crippen molar-refractivity contribution in [1.82, 2.24) is 14.5 Å². The Bertz CT molecular complexity index is 1000. The van der Waals surface area contributed by atoms with E-state index in [-0.39, 0.29) is 5.91 Å². The summed E-state index contributed by atoms with van der Waals surface area (Å²) < 4.78 is 1.89. The summed E-state index contributed by atoms with van der Waals surface area (Å²) in [7, 11) is 0. The number of amides is 1. The van der Waals surface area contributed by atoms with Crippen LogP contribution < -0.4 is 0 Å². The van der Waals surface area contributed by atoms with E-state index in [0.29, 0.717) is 6.04 Å². The number of fused-ring (bicyclic) bond motifs is 1. The van der Waals surface area contributed by atoms with Crippen molar-refractivity contribution in [2.45, 2.75) is 45.6 Å². The number of hydrogen-bond donors (Lipinski definition) is 0. The quantitative estimate of drug-likeness (QED) is 0.590. The summed E-state index contributed by atoms with van der Waals surface area (Å²) in [6.07, 6.45) is 8.42. The van der Waals surface area contributed by atoms with Crippen LogP contribution in [0, 0.1) is 0 Å². The van der Waals surface area contributed by atoms with E-state index in [2.05, 4.69) is 30.0 Å². The van der Waals surface area contributed by atoms with Crippen molar-refractivity contribution in [2.24, 2.45) is 0 Å². The lowest BCUT2D eigenvalue weighted by Crippen LogP contribution is -2.43. The molecule has 3 heterocycles. The second-order valence-corrected chi connectivity index (χ2v) is 7.54. The lowest BCUT2D eigenvalue weighted by atomic mass is 9.98. The maximum absolute atomic E-state index is 13.2. The average Bonchev–Trinajstić information content (AvgIpc) is 3.12. The standard InChI is InChI=1S/C24H27N3O/c1-3-20-13-7-9-15-26(20)24(28)18(2)17-21-22-14-8-10-16-27(22)25-23(21)19-11-5-4-6-12-19/h4-6,8,10-12,14,16-17,20H,3,7,9,13,15H2,1-2H3. The molecule has 1 unspecified atom stereocenters. The Morgan fingerprint density at radius 3 is 2.71 bits per heavy atom. The molecule has 1 amide bonds. The van der Waals surface area contributed by atoms with Crippen LogP contribution >= 0.6 is 0 Å². The van der Waals surface area contributed by atoms with Gasteiger partial charge in [0.1, 0.15) is 5.69 Å². The van der Waals surface area contributed by atoms with Gasteiger partial charge in [-0.3, -0.25) is 4.79 Å². The Hall–Kier alpha value is -2.88. The monoisotopic (exact) mass is 373 g/mol. The van der Waals surface area contributed by atoms with Crippen LogP contribution in [0.1, 0.15) is 45.1 Å². The maximum Gasteiger partial charge on any atom is 0.249 e. The van der Waals surface area contributed by atoms with E-state index in [1.165, 1.54) is 6.42 Å². The predicted molar refractivity (Wildman–Crippen MR) is 114 cm³/mol. The Morgan fingerprint density at radius 1 is 1.14 bits per heavy atom. The van der Waals surface area contributed by atoms with Crippen molar-refractivity contribution in [2.75, 3.05) is 6.54 Å². The first kappa shape index (κ1) is 18.5. The average molecular weight is 374 g/mol. The molecular formula is C24H27N3O. The van der Waals surface area contributed by atoms with Crippen LogP contribution in [0.2, 0.25) is 0 Å². The summed E-state index contributed by atoms with van der Waals surface area (Å²) in [5, 5.41) is 4.79. The number of nitrogens with zero attached hydrogens (tertiary/aromatic N) is 3. The molecule has 4 nitrogen and oxygen atoms in total. The van der Waals surface area contributed by atoms with E-state index in [9.17, 15) is 4.79 Å². The molecule has 2 aromatic heterocycles. The molecule has 1 aromatic carbocycles. The van der Waals surface area contributed by atoms with Crippen LogP contribution in [-0.2, 0) is 4.79 Å². The highest BCUT2D eigenvalue weighted by Gasteiger charge is 2.26. The molecule has 0 N–H and O–H groups in total. The molecule has 3 aromatic rings. The number of benzene rings is 1. The molecule has 0 spiro atoms. The van der Waals surface area contributed by atoms with E-state index >= 15 is 0 Å². The highest BCUT2D eigenvalue weighted by Crippen LogP contribution is 2.29. The largest absolute Gasteiger partial charge is 0.336 e. The van der Waals surface area contributed by atoms with Gasteiger partial charge in [0.05, 0.1) is 5.52 Å². The van der Waals surface area contributed by atoms with E-state index in [4.69, 9.17) is 5.10 Å². The van der Waals surface area contributed by atoms with Gasteiger partial charge < -0.3 is 4.90 Å². The third kappa shape index (κ3) is 3.47. The minimum Gasteiger partial charge on any atom is -0.336 e. The summed E-state index contributed by atoms with van der Waals surface area (Å²) in [6, 6.07) is 16.6. The summed E-state index contributed by atoms with van der Waals surface area (Å²) in [5.41, 5.74) is 4.75. The van der Waals surface area contributed by atoms with Gasteiger partial charge in [0.15, 0.2) is 0 Å². The van der Waals surface area contributed by atoms with Gasteiger partial charge in [0.25, 0.3) is 0 Å². The molecule has 28 heavy (non-hydrogen) atoms.